The highest BCUT2D eigenvalue weighted by Crippen LogP contribution is 2.34. The number of hydrogen-bond acceptors (Lipinski definition) is 7. The second-order valence-corrected chi connectivity index (χ2v) is 7.38. The van der Waals surface area contributed by atoms with Crippen LogP contribution in [0.3, 0.4) is 0 Å². The van der Waals surface area contributed by atoms with Crippen molar-refractivity contribution in [3.05, 3.63) is 51.0 Å². The van der Waals surface area contributed by atoms with Gasteiger partial charge in [0.1, 0.15) is 22.3 Å². The van der Waals surface area contributed by atoms with Crippen LogP contribution in [0, 0.1) is 10.1 Å². The molecule has 0 saturated carbocycles. The fraction of sp³-hybridized carbons (Fsp3) is 0.250. The monoisotopic (exact) mass is 416 g/mol. The third kappa shape index (κ3) is 4.59. The van der Waals surface area contributed by atoms with Crippen LogP contribution in [-0.2, 0) is 16.6 Å². The number of nitro benzene ring substituents is 1. The van der Waals surface area contributed by atoms with Gasteiger partial charge in [-0.1, -0.05) is 11.6 Å². The lowest BCUT2D eigenvalue weighted by Gasteiger charge is -2.15. The fourth-order valence-corrected chi connectivity index (χ4v) is 3.64. The van der Waals surface area contributed by atoms with Crippen LogP contribution >= 0.6 is 11.6 Å². The summed E-state index contributed by atoms with van der Waals surface area (Å²) in [6.45, 7) is -0.146. The molecule has 2 rings (SSSR count). The number of rotatable bonds is 8. The third-order valence-corrected chi connectivity index (χ3v) is 5.38. The lowest BCUT2D eigenvalue weighted by Crippen LogP contribution is -2.24. The Labute approximate surface area is 161 Å². The molecule has 1 N–H and O–H groups in total. The molecule has 9 nitrogen and oxygen atoms in total. The van der Waals surface area contributed by atoms with Crippen molar-refractivity contribution in [2.45, 2.75) is 11.4 Å². The third-order valence-electron chi connectivity index (χ3n) is 3.68. The quantitative estimate of drug-likeness (QED) is 0.519. The number of ether oxygens (including phenoxy) is 3. The Morgan fingerprint density at radius 1 is 1.07 bits per heavy atom. The molecule has 0 aromatic heterocycles. The van der Waals surface area contributed by atoms with Crippen molar-refractivity contribution in [2.24, 2.45) is 0 Å². The van der Waals surface area contributed by atoms with E-state index in [0.717, 1.165) is 18.2 Å². The number of methoxy groups -OCH3 is 3. The fourth-order valence-electron chi connectivity index (χ4n) is 2.31. The second kappa shape index (κ2) is 8.42. The van der Waals surface area contributed by atoms with Crippen LogP contribution in [-0.4, -0.2) is 34.7 Å². The highest BCUT2D eigenvalue weighted by atomic mass is 35.5. The van der Waals surface area contributed by atoms with Crippen LogP contribution in [0.4, 0.5) is 5.69 Å². The first-order chi connectivity index (χ1) is 12.7. The smallest absolute Gasteiger partial charge is 0.287 e. The van der Waals surface area contributed by atoms with Gasteiger partial charge in [-0.15, -0.1) is 0 Å². The van der Waals surface area contributed by atoms with Gasteiger partial charge in [0.05, 0.1) is 36.7 Å². The minimum Gasteiger partial charge on any atom is -0.496 e. The van der Waals surface area contributed by atoms with Crippen LogP contribution < -0.4 is 18.9 Å². The Bertz CT molecular complexity index is 938. The summed E-state index contributed by atoms with van der Waals surface area (Å²) in [5, 5.41) is 10.5. The van der Waals surface area contributed by atoms with Crippen LogP contribution in [0.25, 0.3) is 0 Å². The van der Waals surface area contributed by atoms with E-state index in [1.165, 1.54) is 21.3 Å². The van der Waals surface area contributed by atoms with E-state index >= 15 is 0 Å². The summed E-state index contributed by atoms with van der Waals surface area (Å²) >= 11 is 5.79. The van der Waals surface area contributed by atoms with Crippen LogP contribution in [0.2, 0.25) is 5.02 Å². The molecule has 0 aliphatic rings. The van der Waals surface area contributed by atoms with Crippen molar-refractivity contribution in [1.29, 1.82) is 0 Å². The minimum absolute atomic E-state index is 0.146. The lowest BCUT2D eigenvalue weighted by atomic mass is 10.1. The first kappa shape index (κ1) is 20.7. The van der Waals surface area contributed by atoms with Gasteiger partial charge in [-0.3, -0.25) is 10.1 Å². The molecule has 27 heavy (non-hydrogen) atoms. The molecule has 0 radical (unpaired) electrons. The molecule has 0 bridgehead atoms. The molecule has 0 aliphatic heterocycles. The van der Waals surface area contributed by atoms with Crippen LogP contribution in [0.5, 0.6) is 17.2 Å². The minimum atomic E-state index is -3.99. The Balaban J connectivity index is 2.32. The predicted octanol–water partition coefficient (Wildman–Crippen LogP) is 2.75. The topological polar surface area (TPSA) is 117 Å². The molecular weight excluding hydrogens is 400 g/mol. The van der Waals surface area contributed by atoms with Crippen molar-refractivity contribution in [2.75, 3.05) is 21.3 Å². The lowest BCUT2D eigenvalue weighted by molar-refractivity contribution is -0.384. The van der Waals surface area contributed by atoms with E-state index in [2.05, 4.69) is 4.72 Å². The molecule has 0 fully saturated rings. The highest BCUT2D eigenvalue weighted by Gasteiger charge is 2.21. The number of sulfonamides is 1. The standard InChI is InChI=1S/C16H17ClN2O7S/c1-24-10-6-15(25-2)12(16(7-10)26-3)9-18-27(22,23)11-4-5-14(19(20)21)13(17)8-11/h4-8,18H,9H2,1-3H3. The Morgan fingerprint density at radius 3 is 2.11 bits per heavy atom. The first-order valence-electron chi connectivity index (χ1n) is 7.46. The van der Waals surface area contributed by atoms with Crippen molar-refractivity contribution >= 4 is 27.3 Å². The van der Waals surface area contributed by atoms with Gasteiger partial charge < -0.3 is 14.2 Å². The number of nitrogens with one attached hydrogen (secondary N) is 1. The van der Waals surface area contributed by atoms with Crippen molar-refractivity contribution in [3.63, 3.8) is 0 Å². The van der Waals surface area contributed by atoms with E-state index < -0.39 is 14.9 Å². The zero-order chi connectivity index (χ0) is 20.2. The maximum absolute atomic E-state index is 12.5. The number of nitrogens with zero attached hydrogens (tertiary/aromatic N) is 1. The highest BCUT2D eigenvalue weighted by molar-refractivity contribution is 7.89. The number of nitro groups is 1. The average molecular weight is 417 g/mol. The van der Waals surface area contributed by atoms with Crippen molar-refractivity contribution in [3.8, 4) is 17.2 Å². The van der Waals surface area contributed by atoms with Crippen molar-refractivity contribution in [1.82, 2.24) is 4.72 Å². The number of halogens is 1. The molecule has 2 aromatic rings. The predicted molar refractivity (Wildman–Crippen MR) is 98.2 cm³/mol. The summed E-state index contributed by atoms with van der Waals surface area (Å²) in [5.74, 6) is 1.23. The van der Waals surface area contributed by atoms with E-state index in [0.29, 0.717) is 22.8 Å². The molecule has 0 atom stereocenters. The van der Waals surface area contributed by atoms with Gasteiger partial charge in [-0.25, -0.2) is 13.1 Å². The molecule has 0 aliphatic carbocycles. The summed E-state index contributed by atoms with van der Waals surface area (Å²) in [6, 6.07) is 6.34. The Hall–Kier alpha value is -2.56. The molecule has 0 unspecified atom stereocenters. The SMILES string of the molecule is COc1cc(OC)c(CNS(=O)(=O)c2ccc([N+](=O)[O-])c(Cl)c2)c(OC)c1. The summed E-state index contributed by atoms with van der Waals surface area (Å²) in [6.07, 6.45) is 0. The van der Waals surface area contributed by atoms with Crippen LogP contribution in [0.15, 0.2) is 35.2 Å². The molecule has 0 amide bonds. The summed E-state index contributed by atoms with van der Waals surface area (Å²) in [4.78, 5) is 9.91. The molecular formula is C16H17ClN2O7S. The summed E-state index contributed by atoms with van der Waals surface area (Å²) in [5.41, 5.74) is 0.0755. The van der Waals surface area contributed by atoms with Gasteiger partial charge >= 0.3 is 0 Å². The van der Waals surface area contributed by atoms with E-state index in [1.54, 1.807) is 12.1 Å². The van der Waals surface area contributed by atoms with E-state index in [4.69, 9.17) is 25.8 Å². The largest absolute Gasteiger partial charge is 0.496 e. The zero-order valence-corrected chi connectivity index (χ0v) is 16.3. The Kier molecular flexibility index (Phi) is 6.47. The van der Waals surface area contributed by atoms with Gasteiger partial charge in [-0.2, -0.15) is 0 Å². The molecule has 2 aromatic carbocycles. The average Bonchev–Trinajstić information content (AvgIpc) is 2.65. The van der Waals surface area contributed by atoms with Gasteiger partial charge in [0.25, 0.3) is 5.69 Å². The molecule has 11 heteroatoms. The number of benzene rings is 2. The van der Waals surface area contributed by atoms with Gasteiger partial charge in [0, 0.05) is 24.7 Å². The molecule has 146 valence electrons. The van der Waals surface area contributed by atoms with E-state index in [9.17, 15) is 18.5 Å². The van der Waals surface area contributed by atoms with E-state index in [1.807, 2.05) is 0 Å². The van der Waals surface area contributed by atoms with Gasteiger partial charge in [-0.05, 0) is 12.1 Å². The number of hydrogen-bond donors (Lipinski definition) is 1. The van der Waals surface area contributed by atoms with Crippen molar-refractivity contribution < 1.29 is 27.6 Å². The molecule has 0 spiro atoms. The van der Waals surface area contributed by atoms with Crippen LogP contribution in [0.1, 0.15) is 5.56 Å². The molecule has 0 heterocycles. The summed E-state index contributed by atoms with van der Waals surface area (Å²) < 4.78 is 43.1. The maximum Gasteiger partial charge on any atom is 0.287 e. The van der Waals surface area contributed by atoms with E-state index in [-0.39, 0.29) is 22.2 Å². The first-order valence-corrected chi connectivity index (χ1v) is 9.32. The van der Waals surface area contributed by atoms with Gasteiger partial charge in [0.2, 0.25) is 10.0 Å². The normalized spacial score (nSPS) is 11.1. The van der Waals surface area contributed by atoms with Gasteiger partial charge in [0.15, 0.2) is 0 Å². The summed E-state index contributed by atoms with van der Waals surface area (Å²) in [7, 11) is 0.358. The Morgan fingerprint density at radius 2 is 1.67 bits per heavy atom. The second-order valence-electron chi connectivity index (χ2n) is 5.21. The zero-order valence-electron chi connectivity index (χ0n) is 14.7. The maximum atomic E-state index is 12.5. The molecule has 0 saturated heterocycles.